The third kappa shape index (κ3) is 5.25. The minimum Gasteiger partial charge on any atom is -0.379 e. The number of nitro groups is 1. The smallest absolute Gasteiger partial charge is 0.288 e. The Morgan fingerprint density at radius 1 is 1.19 bits per heavy atom. The average molecular weight is 467 g/mol. The van der Waals surface area contributed by atoms with E-state index in [1.807, 2.05) is 0 Å². The third-order valence-corrected chi connectivity index (χ3v) is 6.80. The fourth-order valence-corrected chi connectivity index (χ4v) is 4.52. The van der Waals surface area contributed by atoms with Gasteiger partial charge in [-0.05, 0) is 31.2 Å². The summed E-state index contributed by atoms with van der Waals surface area (Å²) in [5, 5.41) is 15.0. The van der Waals surface area contributed by atoms with Crippen LogP contribution in [-0.4, -0.2) is 55.6 Å². The molecule has 0 aliphatic carbocycles. The van der Waals surface area contributed by atoms with Gasteiger partial charge in [-0.3, -0.25) is 14.9 Å². The van der Waals surface area contributed by atoms with Gasteiger partial charge in [-0.1, -0.05) is 23.7 Å². The first-order valence-corrected chi connectivity index (χ1v) is 11.0. The highest BCUT2D eigenvalue weighted by Crippen LogP contribution is 2.25. The Balaban J connectivity index is 1.77. The van der Waals surface area contributed by atoms with Gasteiger partial charge in [0.1, 0.15) is 5.02 Å². The Morgan fingerprint density at radius 3 is 2.58 bits per heavy atom. The van der Waals surface area contributed by atoms with Crippen LogP contribution in [0, 0.1) is 10.1 Å². The Bertz CT molecular complexity index is 1150. The highest BCUT2D eigenvalue weighted by molar-refractivity contribution is 7.89. The van der Waals surface area contributed by atoms with Crippen LogP contribution in [0.25, 0.3) is 0 Å². The van der Waals surface area contributed by atoms with E-state index in [1.165, 1.54) is 46.8 Å². The summed E-state index contributed by atoms with van der Waals surface area (Å²) in [6.45, 7) is 2.68. The van der Waals surface area contributed by atoms with Gasteiger partial charge < -0.3 is 4.74 Å². The number of hydrazone groups is 1. The molecule has 1 N–H and O–H groups in total. The van der Waals surface area contributed by atoms with Gasteiger partial charge in [0.25, 0.3) is 11.6 Å². The molecule has 0 spiro atoms. The fraction of sp³-hybridized carbons (Fsp3) is 0.263. The standard InChI is InChI=1S/C19H19ClN4O6S/c1-13(14-5-6-17(20)18(12-14)24(26)27)21-22-19(25)15-3-2-4-16(11-15)31(28,29)23-7-9-30-10-8-23/h2-6,11-12H,7-10H2,1H3,(H,22,25)/b21-13+. The molecular formula is C19H19ClN4O6S. The lowest BCUT2D eigenvalue weighted by atomic mass is 10.1. The molecule has 1 amide bonds. The van der Waals surface area contributed by atoms with Crippen molar-refractivity contribution >= 4 is 38.9 Å². The Morgan fingerprint density at radius 2 is 1.90 bits per heavy atom. The molecule has 1 saturated heterocycles. The van der Waals surface area contributed by atoms with E-state index in [0.717, 1.165) is 0 Å². The van der Waals surface area contributed by atoms with Crippen molar-refractivity contribution in [3.8, 4) is 0 Å². The topological polar surface area (TPSA) is 131 Å². The molecule has 0 atom stereocenters. The van der Waals surface area contributed by atoms with Gasteiger partial charge >= 0.3 is 0 Å². The zero-order chi connectivity index (χ0) is 22.6. The van der Waals surface area contributed by atoms with E-state index in [4.69, 9.17) is 16.3 Å². The molecule has 1 heterocycles. The number of hydrogen-bond donors (Lipinski definition) is 1. The highest BCUT2D eigenvalue weighted by atomic mass is 35.5. The van der Waals surface area contributed by atoms with Crippen molar-refractivity contribution in [2.45, 2.75) is 11.8 Å². The minimum absolute atomic E-state index is 0.00363. The number of carbonyl (C=O) groups excluding carboxylic acids is 1. The third-order valence-electron chi connectivity index (χ3n) is 4.59. The number of hydrogen-bond acceptors (Lipinski definition) is 7. The van der Waals surface area contributed by atoms with Gasteiger partial charge in [-0.2, -0.15) is 9.41 Å². The van der Waals surface area contributed by atoms with Gasteiger partial charge in [0.2, 0.25) is 10.0 Å². The predicted octanol–water partition coefficient (Wildman–Crippen LogP) is 2.42. The predicted molar refractivity (Wildman–Crippen MR) is 114 cm³/mol. The lowest BCUT2D eigenvalue weighted by Gasteiger charge is -2.26. The molecule has 10 nitrogen and oxygen atoms in total. The summed E-state index contributed by atoms with van der Waals surface area (Å²) in [6.07, 6.45) is 0. The summed E-state index contributed by atoms with van der Waals surface area (Å²) in [4.78, 5) is 22.9. The Labute approximate surface area is 183 Å². The van der Waals surface area contributed by atoms with Gasteiger partial charge in [0, 0.05) is 30.3 Å². The lowest BCUT2D eigenvalue weighted by molar-refractivity contribution is -0.384. The highest BCUT2D eigenvalue weighted by Gasteiger charge is 2.26. The number of amides is 1. The number of ether oxygens (including phenoxy) is 1. The lowest BCUT2D eigenvalue weighted by Crippen LogP contribution is -2.40. The van der Waals surface area contributed by atoms with Crippen LogP contribution in [0.4, 0.5) is 5.69 Å². The van der Waals surface area contributed by atoms with Gasteiger partial charge in [-0.15, -0.1) is 0 Å². The Kier molecular flexibility index (Phi) is 7.01. The number of benzene rings is 2. The second-order valence-corrected chi connectivity index (χ2v) is 8.95. The second-order valence-electron chi connectivity index (χ2n) is 6.61. The summed E-state index contributed by atoms with van der Waals surface area (Å²) < 4.78 is 32.0. The number of nitrogens with zero attached hydrogens (tertiary/aromatic N) is 3. The molecule has 0 aromatic heterocycles. The van der Waals surface area contributed by atoms with Crippen molar-refractivity contribution in [1.82, 2.24) is 9.73 Å². The van der Waals surface area contributed by atoms with Crippen molar-refractivity contribution < 1.29 is 22.9 Å². The van der Waals surface area contributed by atoms with E-state index >= 15 is 0 Å². The maximum Gasteiger partial charge on any atom is 0.288 e. The second kappa shape index (κ2) is 9.52. The summed E-state index contributed by atoms with van der Waals surface area (Å²) in [7, 11) is -3.75. The van der Waals surface area contributed by atoms with E-state index in [-0.39, 0.29) is 34.3 Å². The van der Waals surface area contributed by atoms with E-state index in [0.29, 0.717) is 24.5 Å². The zero-order valence-electron chi connectivity index (χ0n) is 16.4. The molecule has 2 aromatic rings. The number of halogens is 1. The summed E-state index contributed by atoms with van der Waals surface area (Å²) >= 11 is 5.80. The van der Waals surface area contributed by atoms with Gasteiger partial charge in [0.05, 0.1) is 28.7 Å². The van der Waals surface area contributed by atoms with Crippen LogP contribution in [0.1, 0.15) is 22.8 Å². The van der Waals surface area contributed by atoms with Crippen molar-refractivity contribution in [3.63, 3.8) is 0 Å². The molecule has 12 heteroatoms. The largest absolute Gasteiger partial charge is 0.379 e. The average Bonchev–Trinajstić information content (AvgIpc) is 2.78. The molecule has 2 aromatic carbocycles. The molecule has 0 bridgehead atoms. The molecule has 1 fully saturated rings. The summed E-state index contributed by atoms with van der Waals surface area (Å²) in [5.74, 6) is -0.623. The van der Waals surface area contributed by atoms with E-state index < -0.39 is 20.9 Å². The van der Waals surface area contributed by atoms with Crippen LogP contribution in [-0.2, 0) is 14.8 Å². The van der Waals surface area contributed by atoms with Crippen LogP contribution in [0.2, 0.25) is 5.02 Å². The van der Waals surface area contributed by atoms with E-state index in [1.54, 1.807) is 6.92 Å². The molecular weight excluding hydrogens is 448 g/mol. The van der Waals surface area contributed by atoms with E-state index in [2.05, 4.69) is 10.5 Å². The van der Waals surface area contributed by atoms with Crippen LogP contribution in [0.5, 0.6) is 0 Å². The molecule has 31 heavy (non-hydrogen) atoms. The number of carbonyl (C=O) groups is 1. The molecule has 3 rings (SSSR count). The maximum atomic E-state index is 12.8. The van der Waals surface area contributed by atoms with Gasteiger partial charge in [-0.25, -0.2) is 13.8 Å². The van der Waals surface area contributed by atoms with Crippen molar-refractivity contribution in [3.05, 3.63) is 68.7 Å². The number of rotatable bonds is 6. The minimum atomic E-state index is -3.75. The van der Waals surface area contributed by atoms with Crippen molar-refractivity contribution in [2.75, 3.05) is 26.3 Å². The molecule has 0 saturated carbocycles. The van der Waals surface area contributed by atoms with Crippen LogP contribution >= 0.6 is 11.6 Å². The number of nitrogens with one attached hydrogen (secondary N) is 1. The quantitative estimate of drug-likeness (QED) is 0.395. The number of sulfonamides is 1. The van der Waals surface area contributed by atoms with Crippen LogP contribution in [0.3, 0.4) is 0 Å². The van der Waals surface area contributed by atoms with Gasteiger partial charge in [0.15, 0.2) is 0 Å². The maximum absolute atomic E-state index is 12.8. The first kappa shape index (κ1) is 22.8. The molecule has 0 unspecified atom stereocenters. The molecule has 164 valence electrons. The first-order valence-electron chi connectivity index (χ1n) is 9.17. The Hall–Kier alpha value is -2.86. The van der Waals surface area contributed by atoms with Crippen molar-refractivity contribution in [2.24, 2.45) is 5.10 Å². The normalized spacial score (nSPS) is 15.5. The van der Waals surface area contributed by atoms with Crippen LogP contribution in [0.15, 0.2) is 52.5 Å². The summed E-state index contributed by atoms with van der Waals surface area (Å²) in [5.41, 5.74) is 2.88. The summed E-state index contributed by atoms with van der Waals surface area (Å²) in [6, 6.07) is 9.79. The SMILES string of the molecule is C/C(=N\NC(=O)c1cccc(S(=O)(=O)N2CCOCC2)c1)c1ccc(Cl)c([N+](=O)[O-])c1. The monoisotopic (exact) mass is 466 g/mol. The number of nitro benzene ring substituents is 1. The molecule has 1 aliphatic heterocycles. The van der Waals surface area contributed by atoms with Crippen LogP contribution < -0.4 is 5.43 Å². The number of morpholine rings is 1. The van der Waals surface area contributed by atoms with E-state index in [9.17, 15) is 23.3 Å². The molecule has 0 radical (unpaired) electrons. The van der Waals surface area contributed by atoms with Crippen molar-refractivity contribution in [1.29, 1.82) is 0 Å². The molecule has 1 aliphatic rings. The zero-order valence-corrected chi connectivity index (χ0v) is 18.0. The first-order chi connectivity index (χ1) is 14.7. The fourth-order valence-electron chi connectivity index (χ4n) is 2.88.